The smallest absolute Gasteiger partial charge is 0.403 e. The molecule has 1 saturated carbocycles. The highest BCUT2D eigenvalue weighted by Gasteiger charge is 2.42. The van der Waals surface area contributed by atoms with E-state index in [9.17, 15) is 36.0 Å². The van der Waals surface area contributed by atoms with E-state index in [0.29, 0.717) is 12.8 Å². The van der Waals surface area contributed by atoms with Gasteiger partial charge in [-0.3, -0.25) is 4.79 Å². The van der Waals surface area contributed by atoms with Gasteiger partial charge in [-0.2, -0.15) is 27.8 Å². The van der Waals surface area contributed by atoms with Gasteiger partial charge >= 0.3 is 12.2 Å². The van der Waals surface area contributed by atoms with Gasteiger partial charge in [0, 0.05) is 23.7 Å². The van der Waals surface area contributed by atoms with E-state index in [1.165, 1.54) is 18.2 Å². The lowest BCUT2D eigenvalue weighted by Crippen LogP contribution is -2.33. The van der Waals surface area contributed by atoms with E-state index in [1.54, 1.807) is 0 Å². The summed E-state index contributed by atoms with van der Waals surface area (Å²) in [7, 11) is -3.65. The third kappa shape index (κ3) is 5.12. The molecule has 198 valence electrons. The molecule has 0 spiro atoms. The van der Waals surface area contributed by atoms with Crippen molar-refractivity contribution in [2.24, 2.45) is 0 Å². The molecular weight excluding hydrogens is 532 g/mol. The number of nitriles is 1. The minimum atomic E-state index is -4.97. The number of amides is 1. The molecule has 4 rings (SSSR count). The average molecular weight is 550 g/mol. The summed E-state index contributed by atoms with van der Waals surface area (Å²) in [5.41, 5.74) is -3.99. The predicted octanol–water partition coefficient (Wildman–Crippen LogP) is 4.13. The van der Waals surface area contributed by atoms with Gasteiger partial charge in [0.1, 0.15) is 5.56 Å². The lowest BCUT2D eigenvalue weighted by Gasteiger charge is -2.34. The molecule has 1 aliphatic rings. The second-order valence-electron chi connectivity index (χ2n) is 8.61. The summed E-state index contributed by atoms with van der Waals surface area (Å²) in [5, 5.41) is 18.2. The molecule has 1 aliphatic carbocycles. The molecule has 0 saturated heterocycles. The predicted molar refractivity (Wildman–Crippen MR) is 122 cm³/mol. The molecular formula is C23H18F4N6O4S. The molecule has 1 aromatic carbocycles. The van der Waals surface area contributed by atoms with Gasteiger partial charge in [0.05, 0.1) is 16.4 Å². The number of benzene rings is 1. The van der Waals surface area contributed by atoms with Crippen molar-refractivity contribution in [2.45, 2.75) is 42.7 Å². The number of ether oxygens (including phenoxy) is 1. The second-order valence-corrected chi connectivity index (χ2v) is 10.6. The summed E-state index contributed by atoms with van der Waals surface area (Å²) in [6.45, 7) is 0.962. The van der Waals surface area contributed by atoms with Gasteiger partial charge in [-0.05, 0) is 49.9 Å². The number of carbonyl (C=O) groups is 1. The number of nitrogens with zero attached hydrogens (tertiary/aromatic N) is 5. The fourth-order valence-corrected chi connectivity index (χ4v) is 4.55. The quantitative estimate of drug-likeness (QED) is 0.353. The van der Waals surface area contributed by atoms with E-state index in [0.717, 1.165) is 31.9 Å². The van der Waals surface area contributed by atoms with Crippen molar-refractivity contribution in [3.8, 4) is 18.0 Å². The number of rotatable bonds is 6. The highest BCUT2D eigenvalue weighted by atomic mass is 32.2. The van der Waals surface area contributed by atoms with Crippen LogP contribution in [0, 0.1) is 24.2 Å². The van der Waals surface area contributed by atoms with E-state index in [-0.39, 0.29) is 16.1 Å². The Hall–Kier alpha value is -4.19. The molecule has 0 atom stereocenters. The van der Waals surface area contributed by atoms with Gasteiger partial charge in [-0.1, -0.05) is 6.07 Å². The Labute approximate surface area is 213 Å². The number of anilines is 1. The Morgan fingerprint density at radius 2 is 1.95 bits per heavy atom. The third-order valence-corrected chi connectivity index (χ3v) is 7.16. The van der Waals surface area contributed by atoms with Gasteiger partial charge < -0.3 is 10.1 Å². The molecule has 1 fully saturated rings. The maximum Gasteiger partial charge on any atom is 0.435 e. The summed E-state index contributed by atoms with van der Waals surface area (Å²) in [6.07, 6.45) is -1.44. The van der Waals surface area contributed by atoms with Crippen molar-refractivity contribution in [3.05, 3.63) is 58.8 Å². The standard InChI is InChI=1S/C23H18F4N6O4S/c1-12-16(19(34)30-13-5-3-6-14(9-13)38(2,35)36)20(33-32-17(12)23(25,26)27)37-21-29-10-15(18(24)31-21)22(11-28)7-4-8-22/h3,5-6,9-10H,4,7-8H2,1-2H3,(H,30,34). The Balaban J connectivity index is 1.73. The molecule has 2 heterocycles. The monoisotopic (exact) mass is 550 g/mol. The van der Waals surface area contributed by atoms with Crippen LogP contribution in [-0.2, 0) is 21.4 Å². The van der Waals surface area contributed by atoms with Gasteiger partial charge in [-0.15, -0.1) is 10.2 Å². The van der Waals surface area contributed by atoms with Crippen LogP contribution in [0.25, 0.3) is 0 Å². The number of halogens is 4. The first kappa shape index (κ1) is 26.9. The summed E-state index contributed by atoms with van der Waals surface area (Å²) in [5.74, 6) is -2.95. The molecule has 15 heteroatoms. The third-order valence-electron chi connectivity index (χ3n) is 6.05. The number of carbonyl (C=O) groups excluding carboxylic acids is 1. The highest BCUT2D eigenvalue weighted by molar-refractivity contribution is 7.90. The van der Waals surface area contributed by atoms with Crippen LogP contribution < -0.4 is 10.1 Å². The molecule has 1 amide bonds. The number of alkyl halides is 3. The minimum Gasteiger partial charge on any atom is -0.403 e. The molecule has 0 bridgehead atoms. The fraction of sp³-hybridized carbons (Fsp3) is 0.304. The molecule has 2 aromatic heterocycles. The van der Waals surface area contributed by atoms with Crippen molar-refractivity contribution in [1.29, 1.82) is 5.26 Å². The van der Waals surface area contributed by atoms with E-state index < -0.39 is 62.0 Å². The molecule has 38 heavy (non-hydrogen) atoms. The topological polar surface area (TPSA) is 148 Å². The molecule has 0 aliphatic heterocycles. The SMILES string of the molecule is Cc1c(C(F)(F)F)nnc(Oc2ncc(C3(C#N)CCC3)c(F)n2)c1C(=O)Nc1cccc(S(C)(=O)=O)c1. The number of sulfone groups is 1. The van der Waals surface area contributed by atoms with E-state index >= 15 is 0 Å². The summed E-state index contributed by atoms with van der Waals surface area (Å²) < 4.78 is 84.2. The van der Waals surface area contributed by atoms with Crippen molar-refractivity contribution < 1.29 is 35.5 Å². The number of hydrogen-bond donors (Lipinski definition) is 1. The van der Waals surface area contributed by atoms with Gasteiger partial charge in [0.25, 0.3) is 11.8 Å². The van der Waals surface area contributed by atoms with E-state index in [1.807, 2.05) is 6.07 Å². The molecule has 0 radical (unpaired) electrons. The van der Waals surface area contributed by atoms with Crippen LogP contribution in [-0.4, -0.2) is 40.7 Å². The number of nitrogens with one attached hydrogen (secondary N) is 1. The number of aromatic nitrogens is 4. The molecule has 3 aromatic rings. The Kier molecular flexibility index (Phi) is 6.79. The molecule has 1 N–H and O–H groups in total. The zero-order valence-corrected chi connectivity index (χ0v) is 20.6. The lowest BCUT2D eigenvalue weighted by atomic mass is 9.66. The van der Waals surface area contributed by atoms with Crippen LogP contribution in [0.15, 0.2) is 35.4 Å². The lowest BCUT2D eigenvalue weighted by molar-refractivity contribution is -0.142. The van der Waals surface area contributed by atoms with Crippen LogP contribution >= 0.6 is 0 Å². The van der Waals surface area contributed by atoms with Gasteiger partial charge in [0.2, 0.25) is 5.95 Å². The van der Waals surface area contributed by atoms with E-state index in [2.05, 4.69) is 25.5 Å². The van der Waals surface area contributed by atoms with E-state index in [4.69, 9.17) is 4.74 Å². The van der Waals surface area contributed by atoms with Crippen LogP contribution in [0.5, 0.6) is 11.9 Å². The van der Waals surface area contributed by atoms with Gasteiger partial charge in [-0.25, -0.2) is 13.4 Å². The van der Waals surface area contributed by atoms with Crippen molar-refractivity contribution in [2.75, 3.05) is 11.6 Å². The Morgan fingerprint density at radius 3 is 2.50 bits per heavy atom. The van der Waals surface area contributed by atoms with Crippen LogP contribution in [0.4, 0.5) is 23.2 Å². The summed E-state index contributed by atoms with van der Waals surface area (Å²) in [4.78, 5) is 20.3. The van der Waals surface area contributed by atoms with Crippen molar-refractivity contribution in [3.63, 3.8) is 0 Å². The average Bonchev–Trinajstić information content (AvgIpc) is 2.79. The highest BCUT2D eigenvalue weighted by Crippen LogP contribution is 2.44. The van der Waals surface area contributed by atoms with Crippen molar-refractivity contribution >= 4 is 21.4 Å². The summed E-state index contributed by atoms with van der Waals surface area (Å²) >= 11 is 0. The maximum atomic E-state index is 14.7. The normalized spacial score (nSPS) is 14.8. The number of hydrogen-bond acceptors (Lipinski definition) is 9. The van der Waals surface area contributed by atoms with Crippen LogP contribution in [0.1, 0.15) is 46.4 Å². The zero-order valence-electron chi connectivity index (χ0n) is 19.8. The molecule has 10 nitrogen and oxygen atoms in total. The summed E-state index contributed by atoms with van der Waals surface area (Å²) in [6, 6.07) is 6.41. The van der Waals surface area contributed by atoms with Crippen LogP contribution in [0.2, 0.25) is 0 Å². The van der Waals surface area contributed by atoms with Gasteiger partial charge in [0.15, 0.2) is 15.5 Å². The molecule has 0 unspecified atom stereocenters. The maximum absolute atomic E-state index is 14.7. The largest absolute Gasteiger partial charge is 0.435 e. The minimum absolute atomic E-state index is 0.0393. The second kappa shape index (κ2) is 9.60. The fourth-order valence-electron chi connectivity index (χ4n) is 3.88. The first-order valence-corrected chi connectivity index (χ1v) is 12.8. The first-order chi connectivity index (χ1) is 17.7. The Morgan fingerprint density at radius 1 is 1.24 bits per heavy atom. The zero-order chi connectivity index (χ0) is 27.9. The Bertz CT molecular complexity index is 1580. The van der Waals surface area contributed by atoms with Crippen LogP contribution in [0.3, 0.4) is 0 Å². The first-order valence-electron chi connectivity index (χ1n) is 10.9. The van der Waals surface area contributed by atoms with Crippen molar-refractivity contribution in [1.82, 2.24) is 20.2 Å².